The van der Waals surface area contributed by atoms with E-state index in [9.17, 15) is 0 Å². The van der Waals surface area contributed by atoms with Gasteiger partial charge in [0, 0.05) is 16.6 Å². The van der Waals surface area contributed by atoms with E-state index in [1.807, 2.05) is 19.1 Å². The third-order valence-electron chi connectivity index (χ3n) is 2.44. The second kappa shape index (κ2) is 6.26. The minimum atomic E-state index is 0.138. The zero-order valence-electron chi connectivity index (χ0n) is 9.20. The summed E-state index contributed by atoms with van der Waals surface area (Å²) >= 11 is 3.42. The third kappa shape index (κ3) is 3.93. The molecule has 0 heterocycles. The van der Waals surface area contributed by atoms with Crippen LogP contribution in [-0.2, 0) is 0 Å². The monoisotopic (exact) mass is 271 g/mol. The van der Waals surface area contributed by atoms with Crippen molar-refractivity contribution in [2.75, 3.05) is 6.61 Å². The van der Waals surface area contributed by atoms with Gasteiger partial charge in [-0.1, -0.05) is 35.0 Å². The Bertz CT molecular complexity index is 286. The van der Waals surface area contributed by atoms with Gasteiger partial charge < -0.3 is 10.4 Å². The molecule has 2 N–H and O–H groups in total. The Morgan fingerprint density at radius 2 is 1.93 bits per heavy atom. The minimum Gasteiger partial charge on any atom is -0.395 e. The Morgan fingerprint density at radius 1 is 1.33 bits per heavy atom. The molecule has 0 aromatic heterocycles. The van der Waals surface area contributed by atoms with Crippen LogP contribution in [0.25, 0.3) is 0 Å². The second-order valence-electron chi connectivity index (χ2n) is 3.76. The standard InChI is InChI=1S/C12H18BrNO/c1-3-12(14-9(2)8-15)10-4-6-11(13)7-5-10/h4-7,9,12,14-15H,3,8H2,1-2H3. The van der Waals surface area contributed by atoms with E-state index in [-0.39, 0.29) is 12.6 Å². The van der Waals surface area contributed by atoms with E-state index in [0.717, 1.165) is 10.9 Å². The van der Waals surface area contributed by atoms with Gasteiger partial charge in [0.05, 0.1) is 6.61 Å². The number of aliphatic hydroxyl groups excluding tert-OH is 1. The van der Waals surface area contributed by atoms with Gasteiger partial charge in [-0.3, -0.25) is 0 Å². The molecule has 0 aliphatic rings. The number of nitrogens with one attached hydrogen (secondary N) is 1. The van der Waals surface area contributed by atoms with Crippen molar-refractivity contribution < 1.29 is 5.11 Å². The largest absolute Gasteiger partial charge is 0.395 e. The number of benzene rings is 1. The Morgan fingerprint density at radius 3 is 2.40 bits per heavy atom. The smallest absolute Gasteiger partial charge is 0.0582 e. The second-order valence-corrected chi connectivity index (χ2v) is 4.68. The summed E-state index contributed by atoms with van der Waals surface area (Å²) in [6, 6.07) is 8.76. The highest BCUT2D eigenvalue weighted by Gasteiger charge is 2.11. The summed E-state index contributed by atoms with van der Waals surface area (Å²) in [6.45, 7) is 4.30. The fraction of sp³-hybridized carbons (Fsp3) is 0.500. The topological polar surface area (TPSA) is 32.3 Å². The maximum atomic E-state index is 9.00. The quantitative estimate of drug-likeness (QED) is 0.863. The van der Waals surface area contributed by atoms with Crippen LogP contribution in [0.2, 0.25) is 0 Å². The van der Waals surface area contributed by atoms with Crippen LogP contribution in [0.5, 0.6) is 0 Å². The minimum absolute atomic E-state index is 0.138. The first-order valence-corrected chi connectivity index (χ1v) is 6.09. The molecule has 1 aromatic carbocycles. The van der Waals surface area contributed by atoms with Crippen molar-refractivity contribution in [3.63, 3.8) is 0 Å². The lowest BCUT2D eigenvalue weighted by Crippen LogP contribution is -2.32. The number of hydrogen-bond donors (Lipinski definition) is 2. The molecule has 0 bridgehead atoms. The van der Waals surface area contributed by atoms with E-state index in [4.69, 9.17) is 5.11 Å². The van der Waals surface area contributed by atoms with E-state index in [2.05, 4.69) is 40.3 Å². The molecule has 2 atom stereocenters. The molecule has 0 aliphatic carbocycles. The van der Waals surface area contributed by atoms with Crippen LogP contribution >= 0.6 is 15.9 Å². The average Bonchev–Trinajstić information content (AvgIpc) is 2.27. The van der Waals surface area contributed by atoms with Crippen molar-refractivity contribution in [1.29, 1.82) is 0 Å². The molecule has 84 valence electrons. The first kappa shape index (κ1) is 12.7. The van der Waals surface area contributed by atoms with Crippen molar-refractivity contribution in [2.24, 2.45) is 0 Å². The first-order valence-electron chi connectivity index (χ1n) is 5.29. The zero-order chi connectivity index (χ0) is 11.3. The maximum Gasteiger partial charge on any atom is 0.0582 e. The lowest BCUT2D eigenvalue weighted by Gasteiger charge is -2.21. The fourth-order valence-corrected chi connectivity index (χ4v) is 1.81. The maximum absolute atomic E-state index is 9.00. The molecule has 3 heteroatoms. The van der Waals surface area contributed by atoms with Crippen molar-refractivity contribution in [3.05, 3.63) is 34.3 Å². The summed E-state index contributed by atoms with van der Waals surface area (Å²) in [5.41, 5.74) is 1.26. The molecule has 0 saturated carbocycles. The molecule has 0 spiro atoms. The highest BCUT2D eigenvalue weighted by atomic mass is 79.9. The molecular weight excluding hydrogens is 254 g/mol. The molecule has 1 aromatic rings. The van der Waals surface area contributed by atoms with Crippen molar-refractivity contribution in [3.8, 4) is 0 Å². The van der Waals surface area contributed by atoms with Crippen LogP contribution in [0.15, 0.2) is 28.7 Å². The molecule has 0 radical (unpaired) electrons. The summed E-state index contributed by atoms with van der Waals surface area (Å²) in [5.74, 6) is 0. The first-order chi connectivity index (χ1) is 7.17. The van der Waals surface area contributed by atoms with Gasteiger partial charge in [0.1, 0.15) is 0 Å². The number of halogens is 1. The molecule has 2 nitrogen and oxygen atoms in total. The summed E-state index contributed by atoms with van der Waals surface area (Å²) < 4.78 is 1.09. The Labute approximate surface area is 99.8 Å². The molecule has 0 amide bonds. The van der Waals surface area contributed by atoms with Crippen LogP contribution in [0, 0.1) is 0 Å². The molecule has 1 rings (SSSR count). The predicted octanol–water partition coefficient (Wildman–Crippen LogP) is 2.87. The van der Waals surface area contributed by atoms with Crippen molar-refractivity contribution in [2.45, 2.75) is 32.4 Å². The predicted molar refractivity (Wildman–Crippen MR) is 66.9 cm³/mol. The fourth-order valence-electron chi connectivity index (χ4n) is 1.54. The summed E-state index contributed by atoms with van der Waals surface area (Å²) in [4.78, 5) is 0. The van der Waals surface area contributed by atoms with Gasteiger partial charge in [-0.05, 0) is 31.0 Å². The Balaban J connectivity index is 2.69. The molecule has 0 fully saturated rings. The molecule has 15 heavy (non-hydrogen) atoms. The van der Waals surface area contributed by atoms with Gasteiger partial charge in [0.15, 0.2) is 0 Å². The van der Waals surface area contributed by atoms with Gasteiger partial charge in [-0.15, -0.1) is 0 Å². The molecule has 0 aliphatic heterocycles. The number of rotatable bonds is 5. The molecular formula is C12H18BrNO. The highest BCUT2D eigenvalue weighted by Crippen LogP contribution is 2.19. The highest BCUT2D eigenvalue weighted by molar-refractivity contribution is 9.10. The lowest BCUT2D eigenvalue weighted by atomic mass is 10.0. The van der Waals surface area contributed by atoms with Crippen LogP contribution < -0.4 is 5.32 Å². The normalized spacial score (nSPS) is 14.9. The summed E-state index contributed by atoms with van der Waals surface area (Å²) in [6.07, 6.45) is 1.02. The van der Waals surface area contributed by atoms with Crippen LogP contribution in [-0.4, -0.2) is 17.8 Å². The van der Waals surface area contributed by atoms with Gasteiger partial charge in [0.25, 0.3) is 0 Å². The van der Waals surface area contributed by atoms with Crippen LogP contribution in [0.4, 0.5) is 0 Å². The van der Waals surface area contributed by atoms with Gasteiger partial charge in [-0.2, -0.15) is 0 Å². The number of aliphatic hydroxyl groups is 1. The molecule has 0 saturated heterocycles. The van der Waals surface area contributed by atoms with E-state index >= 15 is 0 Å². The van der Waals surface area contributed by atoms with E-state index in [1.165, 1.54) is 5.56 Å². The number of hydrogen-bond acceptors (Lipinski definition) is 2. The average molecular weight is 272 g/mol. The van der Waals surface area contributed by atoms with E-state index in [0.29, 0.717) is 6.04 Å². The van der Waals surface area contributed by atoms with Crippen LogP contribution in [0.3, 0.4) is 0 Å². The third-order valence-corrected chi connectivity index (χ3v) is 2.97. The van der Waals surface area contributed by atoms with Crippen molar-refractivity contribution >= 4 is 15.9 Å². The lowest BCUT2D eigenvalue weighted by molar-refractivity contribution is 0.239. The van der Waals surface area contributed by atoms with Gasteiger partial charge in [-0.25, -0.2) is 0 Å². The summed E-state index contributed by atoms with van der Waals surface area (Å²) in [5, 5.41) is 12.4. The molecule has 2 unspecified atom stereocenters. The van der Waals surface area contributed by atoms with Gasteiger partial charge >= 0.3 is 0 Å². The van der Waals surface area contributed by atoms with Gasteiger partial charge in [0.2, 0.25) is 0 Å². The van der Waals surface area contributed by atoms with E-state index < -0.39 is 0 Å². The summed E-state index contributed by atoms with van der Waals surface area (Å²) in [7, 11) is 0. The Hall–Kier alpha value is -0.380. The van der Waals surface area contributed by atoms with Crippen molar-refractivity contribution in [1.82, 2.24) is 5.32 Å². The zero-order valence-corrected chi connectivity index (χ0v) is 10.8. The van der Waals surface area contributed by atoms with E-state index in [1.54, 1.807) is 0 Å². The Kier molecular flexibility index (Phi) is 5.29. The SMILES string of the molecule is CCC(NC(C)CO)c1ccc(Br)cc1. The van der Waals surface area contributed by atoms with Crippen LogP contribution in [0.1, 0.15) is 31.9 Å².